The predicted molar refractivity (Wildman–Crippen MR) is 76.8 cm³/mol. The molecule has 19 heavy (non-hydrogen) atoms. The summed E-state index contributed by atoms with van der Waals surface area (Å²) in [4.78, 5) is 8.70. The van der Waals surface area contributed by atoms with E-state index in [1.165, 1.54) is 0 Å². The molecule has 0 aliphatic carbocycles. The van der Waals surface area contributed by atoms with E-state index in [0.717, 1.165) is 5.56 Å². The normalized spacial score (nSPS) is 12.1. The molecule has 0 fully saturated rings. The minimum absolute atomic E-state index is 0.108. The third kappa shape index (κ3) is 3.66. The van der Waals surface area contributed by atoms with E-state index < -0.39 is 0 Å². The molecule has 0 bridgehead atoms. The molecule has 3 N–H and O–H groups in total. The number of anilines is 2. The summed E-state index contributed by atoms with van der Waals surface area (Å²) >= 11 is 0. The van der Waals surface area contributed by atoms with Gasteiger partial charge in [-0.15, -0.1) is 0 Å². The van der Waals surface area contributed by atoms with Crippen LogP contribution < -0.4 is 11.1 Å². The van der Waals surface area contributed by atoms with Crippen LogP contribution in [0.15, 0.2) is 36.4 Å². The van der Waals surface area contributed by atoms with E-state index >= 15 is 0 Å². The van der Waals surface area contributed by atoms with Crippen LogP contribution in [0.25, 0.3) is 11.4 Å². The number of hydrogen-bond acceptors (Lipinski definition) is 5. The van der Waals surface area contributed by atoms with Crippen LogP contribution in [0.3, 0.4) is 0 Å². The molecule has 5 nitrogen and oxygen atoms in total. The molecule has 0 aliphatic rings. The monoisotopic (exact) mass is 258 g/mol. The van der Waals surface area contributed by atoms with E-state index in [9.17, 15) is 0 Å². The number of ether oxygens (including phenoxy) is 1. The zero-order chi connectivity index (χ0) is 13.7. The largest absolute Gasteiger partial charge is 0.384 e. The molecule has 0 saturated heterocycles. The van der Waals surface area contributed by atoms with Crippen molar-refractivity contribution in [1.29, 1.82) is 0 Å². The summed E-state index contributed by atoms with van der Waals surface area (Å²) in [7, 11) is 1.68. The van der Waals surface area contributed by atoms with Crippen molar-refractivity contribution in [3.05, 3.63) is 36.4 Å². The van der Waals surface area contributed by atoms with E-state index in [4.69, 9.17) is 10.5 Å². The maximum atomic E-state index is 5.81. The van der Waals surface area contributed by atoms with Crippen molar-refractivity contribution in [2.24, 2.45) is 0 Å². The van der Waals surface area contributed by atoms with Crippen LogP contribution in [0.2, 0.25) is 0 Å². The molecule has 2 rings (SSSR count). The van der Waals surface area contributed by atoms with Gasteiger partial charge in [0.2, 0.25) is 0 Å². The minimum atomic E-state index is 0.108. The zero-order valence-electron chi connectivity index (χ0n) is 11.1. The first-order valence-electron chi connectivity index (χ1n) is 6.15. The van der Waals surface area contributed by atoms with Crippen LogP contribution >= 0.6 is 0 Å². The van der Waals surface area contributed by atoms with Crippen LogP contribution in [0.5, 0.6) is 0 Å². The Morgan fingerprint density at radius 1 is 1.26 bits per heavy atom. The second kappa shape index (κ2) is 6.15. The Morgan fingerprint density at radius 3 is 2.68 bits per heavy atom. The average Bonchev–Trinajstić information content (AvgIpc) is 2.45. The van der Waals surface area contributed by atoms with Gasteiger partial charge >= 0.3 is 0 Å². The minimum Gasteiger partial charge on any atom is -0.384 e. The number of rotatable bonds is 5. The number of aromatic nitrogens is 2. The number of methoxy groups -OCH3 is 1. The third-order valence-electron chi connectivity index (χ3n) is 2.75. The van der Waals surface area contributed by atoms with Crippen molar-refractivity contribution >= 4 is 11.6 Å². The van der Waals surface area contributed by atoms with Crippen LogP contribution in [-0.4, -0.2) is 29.7 Å². The maximum Gasteiger partial charge on any atom is 0.163 e. The van der Waals surface area contributed by atoms with Gasteiger partial charge in [-0.1, -0.05) is 30.3 Å². The fourth-order valence-corrected chi connectivity index (χ4v) is 1.60. The van der Waals surface area contributed by atoms with E-state index in [0.29, 0.717) is 24.0 Å². The quantitative estimate of drug-likeness (QED) is 0.860. The topological polar surface area (TPSA) is 73.1 Å². The molecule has 100 valence electrons. The van der Waals surface area contributed by atoms with Crippen molar-refractivity contribution < 1.29 is 4.74 Å². The standard InChI is InChI=1S/C14H18N4O/c1-10(19-2)9-16-13-8-12(15)17-14(18-13)11-6-4-3-5-7-11/h3-8,10H,9H2,1-2H3,(H3,15,16,17,18). The van der Waals surface area contributed by atoms with Crippen LogP contribution in [0.1, 0.15) is 6.92 Å². The molecule has 1 atom stereocenters. The fourth-order valence-electron chi connectivity index (χ4n) is 1.60. The number of benzene rings is 1. The summed E-state index contributed by atoms with van der Waals surface area (Å²) in [6, 6.07) is 11.5. The van der Waals surface area contributed by atoms with Gasteiger partial charge in [0.05, 0.1) is 6.10 Å². The molecule has 0 spiro atoms. The van der Waals surface area contributed by atoms with Crippen molar-refractivity contribution in [2.75, 3.05) is 24.7 Å². The summed E-state index contributed by atoms with van der Waals surface area (Å²) in [5, 5.41) is 3.19. The maximum absolute atomic E-state index is 5.81. The summed E-state index contributed by atoms with van der Waals surface area (Å²) in [5.41, 5.74) is 6.76. The molecule has 2 aromatic rings. The highest BCUT2D eigenvalue weighted by Gasteiger charge is 2.06. The number of nitrogens with two attached hydrogens (primary N) is 1. The second-order valence-corrected chi connectivity index (χ2v) is 4.29. The van der Waals surface area contributed by atoms with Crippen LogP contribution in [0, 0.1) is 0 Å². The smallest absolute Gasteiger partial charge is 0.163 e. The van der Waals surface area contributed by atoms with Gasteiger partial charge in [0.15, 0.2) is 5.82 Å². The third-order valence-corrected chi connectivity index (χ3v) is 2.75. The van der Waals surface area contributed by atoms with Crippen molar-refractivity contribution in [3.63, 3.8) is 0 Å². The fraction of sp³-hybridized carbons (Fsp3) is 0.286. The summed E-state index contributed by atoms with van der Waals surface area (Å²) in [6.45, 7) is 2.65. The second-order valence-electron chi connectivity index (χ2n) is 4.29. The lowest BCUT2D eigenvalue weighted by Crippen LogP contribution is -2.19. The molecular formula is C14H18N4O. The molecule has 1 heterocycles. The molecule has 5 heteroatoms. The zero-order valence-corrected chi connectivity index (χ0v) is 11.1. The summed E-state index contributed by atoms with van der Waals surface area (Å²) in [5.74, 6) is 1.77. The van der Waals surface area contributed by atoms with E-state index in [1.54, 1.807) is 13.2 Å². The van der Waals surface area contributed by atoms with Crippen LogP contribution in [0.4, 0.5) is 11.6 Å². The molecule has 1 aromatic carbocycles. The lowest BCUT2D eigenvalue weighted by atomic mass is 10.2. The van der Waals surface area contributed by atoms with Crippen molar-refractivity contribution in [3.8, 4) is 11.4 Å². The Hall–Kier alpha value is -2.14. The first-order valence-corrected chi connectivity index (χ1v) is 6.15. The summed E-state index contributed by atoms with van der Waals surface area (Å²) < 4.78 is 5.18. The number of nitrogens with zero attached hydrogens (tertiary/aromatic N) is 2. The Kier molecular flexibility index (Phi) is 4.30. The lowest BCUT2D eigenvalue weighted by molar-refractivity contribution is 0.128. The van der Waals surface area contributed by atoms with Crippen LogP contribution in [-0.2, 0) is 4.74 Å². The lowest BCUT2D eigenvalue weighted by Gasteiger charge is -2.12. The predicted octanol–water partition coefficient (Wildman–Crippen LogP) is 2.17. The van der Waals surface area contributed by atoms with Gasteiger partial charge in [0, 0.05) is 25.3 Å². The first kappa shape index (κ1) is 13.3. The molecular weight excluding hydrogens is 240 g/mol. The Balaban J connectivity index is 2.20. The van der Waals surface area contributed by atoms with E-state index in [2.05, 4.69) is 15.3 Å². The highest BCUT2D eigenvalue weighted by atomic mass is 16.5. The highest BCUT2D eigenvalue weighted by Crippen LogP contribution is 2.18. The number of hydrogen-bond donors (Lipinski definition) is 2. The van der Waals surface area contributed by atoms with Gasteiger partial charge in [-0.3, -0.25) is 0 Å². The molecule has 1 unspecified atom stereocenters. The first-order chi connectivity index (χ1) is 9.19. The van der Waals surface area contributed by atoms with E-state index in [-0.39, 0.29) is 6.10 Å². The molecule has 0 radical (unpaired) electrons. The average molecular weight is 258 g/mol. The highest BCUT2D eigenvalue weighted by molar-refractivity contribution is 5.60. The Labute approximate surface area is 112 Å². The molecule has 1 aromatic heterocycles. The number of nitrogen functional groups attached to an aromatic ring is 1. The van der Waals surface area contributed by atoms with Gasteiger partial charge in [-0.2, -0.15) is 0 Å². The Morgan fingerprint density at radius 2 is 2.00 bits per heavy atom. The van der Waals surface area contributed by atoms with Gasteiger partial charge in [0.25, 0.3) is 0 Å². The molecule has 0 aliphatic heterocycles. The van der Waals surface area contributed by atoms with Crippen molar-refractivity contribution in [2.45, 2.75) is 13.0 Å². The summed E-state index contributed by atoms with van der Waals surface area (Å²) in [6.07, 6.45) is 0.108. The van der Waals surface area contributed by atoms with Gasteiger partial charge in [0.1, 0.15) is 11.6 Å². The molecule has 0 saturated carbocycles. The Bertz CT molecular complexity index is 530. The van der Waals surface area contributed by atoms with E-state index in [1.807, 2.05) is 37.3 Å². The van der Waals surface area contributed by atoms with Gasteiger partial charge < -0.3 is 15.8 Å². The number of nitrogens with one attached hydrogen (secondary N) is 1. The SMILES string of the molecule is COC(C)CNc1cc(N)nc(-c2ccccc2)n1. The molecule has 0 amide bonds. The van der Waals surface area contributed by atoms with Crippen molar-refractivity contribution in [1.82, 2.24) is 9.97 Å². The van der Waals surface area contributed by atoms with Gasteiger partial charge in [-0.25, -0.2) is 9.97 Å². The van der Waals surface area contributed by atoms with Gasteiger partial charge in [-0.05, 0) is 6.92 Å².